The molecule has 0 radical (unpaired) electrons. The maximum absolute atomic E-state index is 5.89. The average Bonchev–Trinajstić information content (AvgIpc) is 3.30. The van der Waals surface area contributed by atoms with Crippen molar-refractivity contribution in [1.82, 2.24) is 10.4 Å². The van der Waals surface area contributed by atoms with Gasteiger partial charge in [-0.1, -0.05) is 36.4 Å². The summed E-state index contributed by atoms with van der Waals surface area (Å²) >= 11 is 1.68. The van der Waals surface area contributed by atoms with Gasteiger partial charge in [0.2, 0.25) is 5.76 Å². The summed E-state index contributed by atoms with van der Waals surface area (Å²) in [4.78, 5) is 0. The number of aromatic nitrogens is 2. The Morgan fingerprint density at radius 1 is 0.957 bits per heavy atom. The zero-order valence-electron chi connectivity index (χ0n) is 11.9. The van der Waals surface area contributed by atoms with E-state index in [1.165, 1.54) is 4.70 Å². The monoisotopic (exact) mass is 318 g/mol. The molecule has 0 N–H and O–H groups in total. The van der Waals surface area contributed by atoms with Gasteiger partial charge in [0.05, 0.1) is 0 Å². The number of hydrogen-bond donors (Lipinski definition) is 0. The smallest absolute Gasteiger partial charge is 0.230 e. The first kappa shape index (κ1) is 12.6. The summed E-state index contributed by atoms with van der Waals surface area (Å²) in [6.45, 7) is 0. The Morgan fingerprint density at radius 2 is 1.83 bits per heavy atom. The third-order valence-electron chi connectivity index (χ3n) is 3.87. The summed E-state index contributed by atoms with van der Waals surface area (Å²) < 4.78 is 12.5. The predicted molar refractivity (Wildman–Crippen MR) is 90.3 cm³/mol. The lowest BCUT2D eigenvalue weighted by Crippen LogP contribution is -1.79. The van der Waals surface area contributed by atoms with E-state index in [0.29, 0.717) is 17.2 Å². The molecule has 0 amide bonds. The van der Waals surface area contributed by atoms with Gasteiger partial charge in [0.15, 0.2) is 5.76 Å². The Balaban J connectivity index is 1.73. The molecule has 0 saturated heterocycles. The highest BCUT2D eigenvalue weighted by Crippen LogP contribution is 2.39. The summed E-state index contributed by atoms with van der Waals surface area (Å²) in [6.07, 6.45) is 0. The molecule has 0 aliphatic rings. The van der Waals surface area contributed by atoms with Gasteiger partial charge >= 0.3 is 0 Å². The third-order valence-corrected chi connectivity index (χ3v) is 4.84. The van der Waals surface area contributed by atoms with E-state index >= 15 is 0 Å². The lowest BCUT2D eigenvalue weighted by Gasteiger charge is -1.96. The van der Waals surface area contributed by atoms with Gasteiger partial charge in [-0.2, -0.15) is 0 Å². The SMILES string of the molecule is c1ccc2oc(-c3onnc3-c3csc4ccccc34)cc2c1. The van der Waals surface area contributed by atoms with Crippen LogP contribution in [0.1, 0.15) is 0 Å². The standard InChI is InChI=1S/C18H10N2O2S/c1-3-7-14-11(5-1)9-15(21-14)18-17(19-20-22-18)13-10-23-16-8-4-2-6-12(13)16/h1-10H. The van der Waals surface area contributed by atoms with Gasteiger partial charge in [-0.05, 0) is 18.2 Å². The molecule has 0 aliphatic carbocycles. The van der Waals surface area contributed by atoms with Gasteiger partial charge in [-0.15, -0.1) is 16.4 Å². The van der Waals surface area contributed by atoms with Crippen LogP contribution in [0.25, 0.3) is 43.8 Å². The largest absolute Gasteiger partial charge is 0.453 e. The molecule has 23 heavy (non-hydrogen) atoms. The summed E-state index contributed by atoms with van der Waals surface area (Å²) in [5.41, 5.74) is 2.55. The van der Waals surface area contributed by atoms with Gasteiger partial charge in [0, 0.05) is 31.7 Å². The van der Waals surface area contributed by atoms with Gasteiger partial charge < -0.3 is 8.94 Å². The van der Waals surface area contributed by atoms with E-state index in [9.17, 15) is 0 Å². The van der Waals surface area contributed by atoms with Gasteiger partial charge in [0.1, 0.15) is 11.3 Å². The van der Waals surface area contributed by atoms with Crippen LogP contribution in [0.2, 0.25) is 0 Å². The van der Waals surface area contributed by atoms with E-state index in [-0.39, 0.29) is 0 Å². The number of thiophene rings is 1. The van der Waals surface area contributed by atoms with Crippen LogP contribution in [-0.2, 0) is 0 Å². The topological polar surface area (TPSA) is 52.1 Å². The van der Waals surface area contributed by atoms with E-state index < -0.39 is 0 Å². The highest BCUT2D eigenvalue weighted by atomic mass is 32.1. The highest BCUT2D eigenvalue weighted by molar-refractivity contribution is 7.17. The molecule has 5 heteroatoms. The van der Waals surface area contributed by atoms with Crippen molar-refractivity contribution in [2.24, 2.45) is 0 Å². The molecule has 0 bridgehead atoms. The minimum absolute atomic E-state index is 0.560. The first-order valence-electron chi connectivity index (χ1n) is 7.18. The Bertz CT molecular complexity index is 1100. The molecular weight excluding hydrogens is 308 g/mol. The molecule has 0 aliphatic heterocycles. The molecule has 0 saturated carbocycles. The normalized spacial score (nSPS) is 11.5. The van der Waals surface area contributed by atoms with Crippen LogP contribution in [-0.4, -0.2) is 10.4 Å². The van der Waals surface area contributed by atoms with Gasteiger partial charge in [-0.3, -0.25) is 0 Å². The van der Waals surface area contributed by atoms with Crippen LogP contribution < -0.4 is 0 Å². The molecular formula is C18H10N2O2S. The lowest BCUT2D eigenvalue weighted by atomic mass is 10.1. The summed E-state index contributed by atoms with van der Waals surface area (Å²) in [7, 11) is 0. The van der Waals surface area contributed by atoms with Crippen molar-refractivity contribution in [2.75, 3.05) is 0 Å². The fraction of sp³-hybridized carbons (Fsp3) is 0. The fourth-order valence-electron chi connectivity index (χ4n) is 2.78. The lowest BCUT2D eigenvalue weighted by molar-refractivity contribution is 0.395. The summed E-state index contributed by atoms with van der Waals surface area (Å²) in [6, 6.07) is 18.0. The molecule has 0 unspecified atom stereocenters. The number of benzene rings is 2. The van der Waals surface area contributed by atoms with Crippen molar-refractivity contribution in [2.45, 2.75) is 0 Å². The zero-order valence-corrected chi connectivity index (χ0v) is 12.7. The van der Waals surface area contributed by atoms with E-state index in [1.807, 2.05) is 42.5 Å². The Hall–Kier alpha value is -2.92. The van der Waals surface area contributed by atoms with Crippen LogP contribution in [0.15, 0.2) is 68.9 Å². The molecule has 5 rings (SSSR count). The van der Waals surface area contributed by atoms with Crippen molar-refractivity contribution in [3.8, 4) is 22.8 Å². The molecule has 2 aromatic carbocycles. The minimum atomic E-state index is 0.560. The quantitative estimate of drug-likeness (QED) is 0.439. The number of para-hydroxylation sites is 1. The molecule has 4 nitrogen and oxygen atoms in total. The number of rotatable bonds is 2. The van der Waals surface area contributed by atoms with E-state index in [4.69, 9.17) is 8.94 Å². The maximum Gasteiger partial charge on any atom is 0.230 e. The van der Waals surface area contributed by atoms with Gasteiger partial charge in [-0.25, -0.2) is 0 Å². The first-order valence-corrected chi connectivity index (χ1v) is 8.06. The second kappa shape index (κ2) is 4.79. The fourth-order valence-corrected chi connectivity index (χ4v) is 3.73. The second-order valence-corrected chi connectivity index (χ2v) is 6.16. The van der Waals surface area contributed by atoms with Crippen molar-refractivity contribution in [3.63, 3.8) is 0 Å². The first-order chi connectivity index (χ1) is 11.4. The van der Waals surface area contributed by atoms with E-state index in [0.717, 1.165) is 21.9 Å². The average molecular weight is 318 g/mol. The van der Waals surface area contributed by atoms with Gasteiger partial charge in [0.25, 0.3) is 0 Å². The minimum Gasteiger partial charge on any atom is -0.453 e. The van der Waals surface area contributed by atoms with Crippen molar-refractivity contribution in [3.05, 3.63) is 60.0 Å². The molecule has 110 valence electrons. The number of hydrogen-bond acceptors (Lipinski definition) is 5. The van der Waals surface area contributed by atoms with Crippen LogP contribution in [0.3, 0.4) is 0 Å². The summed E-state index contributed by atoms with van der Waals surface area (Å²) in [5.74, 6) is 1.20. The zero-order chi connectivity index (χ0) is 15.2. The summed E-state index contributed by atoms with van der Waals surface area (Å²) in [5, 5.41) is 12.2. The van der Waals surface area contributed by atoms with Crippen LogP contribution >= 0.6 is 11.3 Å². The van der Waals surface area contributed by atoms with Crippen molar-refractivity contribution >= 4 is 32.4 Å². The number of furan rings is 1. The van der Waals surface area contributed by atoms with Crippen LogP contribution in [0.5, 0.6) is 0 Å². The molecule has 0 atom stereocenters. The van der Waals surface area contributed by atoms with E-state index in [2.05, 4.69) is 27.9 Å². The molecule has 3 aromatic heterocycles. The van der Waals surface area contributed by atoms with E-state index in [1.54, 1.807) is 11.3 Å². The molecule has 3 heterocycles. The molecule has 5 aromatic rings. The second-order valence-electron chi connectivity index (χ2n) is 5.24. The highest BCUT2D eigenvalue weighted by Gasteiger charge is 2.21. The van der Waals surface area contributed by atoms with Crippen LogP contribution in [0, 0.1) is 0 Å². The maximum atomic E-state index is 5.89. The third kappa shape index (κ3) is 1.90. The van der Waals surface area contributed by atoms with Crippen molar-refractivity contribution in [1.29, 1.82) is 0 Å². The van der Waals surface area contributed by atoms with Crippen molar-refractivity contribution < 1.29 is 8.94 Å². The molecule has 0 fully saturated rings. The molecule has 0 spiro atoms. The Kier molecular flexibility index (Phi) is 2.63. The predicted octanol–water partition coefficient (Wildman–Crippen LogP) is 5.36. The van der Waals surface area contributed by atoms with Crippen LogP contribution in [0.4, 0.5) is 0 Å². The number of fused-ring (bicyclic) bond motifs is 2. The Morgan fingerprint density at radius 3 is 2.78 bits per heavy atom. The number of nitrogens with zero attached hydrogens (tertiary/aromatic N) is 2. The Labute approximate surface area is 134 Å².